The number of β-lactam (4-membered cyclic amide) rings is 1. The first kappa shape index (κ1) is 21.4. The molecule has 1 fully saturated rings. The molecular weight excluding hydrogens is 403 g/mol. The van der Waals surface area contributed by atoms with E-state index >= 15 is 0 Å². The lowest BCUT2D eigenvalue weighted by molar-refractivity contribution is -0.137. The Morgan fingerprint density at radius 1 is 1.20 bits per heavy atom. The van der Waals surface area contributed by atoms with Crippen LogP contribution in [0.4, 0.5) is 29.3 Å². The van der Waals surface area contributed by atoms with Crippen LogP contribution in [0, 0.1) is 0 Å². The van der Waals surface area contributed by atoms with E-state index in [4.69, 9.17) is 4.74 Å². The van der Waals surface area contributed by atoms with E-state index in [0.29, 0.717) is 24.3 Å². The predicted molar refractivity (Wildman–Crippen MR) is 103 cm³/mol. The monoisotopic (exact) mass is 423 g/mol. The number of amides is 3. The molecule has 0 saturated carbocycles. The lowest BCUT2D eigenvalue weighted by Gasteiger charge is -2.30. The van der Waals surface area contributed by atoms with Gasteiger partial charge < -0.3 is 25.4 Å². The van der Waals surface area contributed by atoms with Crippen molar-refractivity contribution in [2.45, 2.75) is 18.7 Å². The van der Waals surface area contributed by atoms with E-state index in [1.165, 1.54) is 12.1 Å². The minimum absolute atomic E-state index is 0.0143. The molecule has 0 aromatic heterocycles. The SMILES string of the molecule is O=C(NC[C@@H](O)COc1cccc(C(F)(F)F)c1)Nc1cccc(N2CCC2=O)c1. The minimum Gasteiger partial charge on any atom is -0.491 e. The van der Waals surface area contributed by atoms with Gasteiger partial charge in [0.1, 0.15) is 18.5 Å². The highest BCUT2D eigenvalue weighted by Crippen LogP contribution is 2.31. The molecule has 1 aliphatic rings. The van der Waals surface area contributed by atoms with Crippen molar-refractivity contribution in [1.82, 2.24) is 5.32 Å². The summed E-state index contributed by atoms with van der Waals surface area (Å²) in [4.78, 5) is 25.1. The molecule has 0 spiro atoms. The number of carbonyl (C=O) groups is 2. The number of ether oxygens (including phenoxy) is 1. The molecule has 1 heterocycles. The molecule has 2 aromatic rings. The van der Waals surface area contributed by atoms with E-state index < -0.39 is 23.9 Å². The quantitative estimate of drug-likeness (QED) is 0.597. The number of nitrogens with zero attached hydrogens (tertiary/aromatic N) is 1. The van der Waals surface area contributed by atoms with E-state index in [9.17, 15) is 27.9 Å². The number of aliphatic hydroxyl groups is 1. The molecule has 0 aliphatic carbocycles. The van der Waals surface area contributed by atoms with Crippen LogP contribution in [0.1, 0.15) is 12.0 Å². The van der Waals surface area contributed by atoms with Gasteiger partial charge in [-0.1, -0.05) is 12.1 Å². The Hall–Kier alpha value is -3.27. The van der Waals surface area contributed by atoms with Crippen LogP contribution < -0.4 is 20.3 Å². The van der Waals surface area contributed by atoms with Crippen LogP contribution in [0.25, 0.3) is 0 Å². The normalized spacial score (nSPS) is 14.7. The number of hydrogen-bond acceptors (Lipinski definition) is 4. The zero-order chi connectivity index (χ0) is 21.7. The highest BCUT2D eigenvalue weighted by atomic mass is 19.4. The Bertz CT molecular complexity index is 920. The van der Waals surface area contributed by atoms with Crippen molar-refractivity contribution in [2.75, 3.05) is 29.9 Å². The Labute approximate surface area is 170 Å². The van der Waals surface area contributed by atoms with E-state index in [2.05, 4.69) is 10.6 Å². The molecule has 10 heteroatoms. The molecule has 0 radical (unpaired) electrons. The molecular formula is C20H20F3N3O4. The van der Waals surface area contributed by atoms with Crippen LogP contribution >= 0.6 is 0 Å². The third kappa shape index (κ3) is 5.63. The molecule has 1 aliphatic heterocycles. The number of carbonyl (C=O) groups excluding carboxylic acids is 2. The van der Waals surface area contributed by atoms with Crippen LogP contribution in [-0.2, 0) is 11.0 Å². The number of anilines is 2. The summed E-state index contributed by atoms with van der Waals surface area (Å²) in [6.07, 6.45) is -5.12. The lowest BCUT2D eigenvalue weighted by atomic mass is 10.1. The van der Waals surface area contributed by atoms with Gasteiger partial charge in [0.25, 0.3) is 0 Å². The van der Waals surface area contributed by atoms with Crippen LogP contribution in [0.15, 0.2) is 48.5 Å². The fraction of sp³-hybridized carbons (Fsp3) is 0.300. The van der Waals surface area contributed by atoms with Gasteiger partial charge in [0.15, 0.2) is 0 Å². The van der Waals surface area contributed by atoms with Crippen molar-refractivity contribution in [3.8, 4) is 5.75 Å². The maximum Gasteiger partial charge on any atom is 0.416 e. The number of urea groups is 1. The number of rotatable bonds is 7. The molecule has 160 valence electrons. The summed E-state index contributed by atoms with van der Waals surface area (Å²) >= 11 is 0. The first-order valence-corrected chi connectivity index (χ1v) is 9.16. The Morgan fingerprint density at radius 2 is 1.97 bits per heavy atom. The third-order valence-electron chi connectivity index (χ3n) is 4.37. The van der Waals surface area contributed by atoms with Crippen molar-refractivity contribution in [2.24, 2.45) is 0 Å². The second-order valence-corrected chi connectivity index (χ2v) is 6.67. The highest BCUT2D eigenvalue weighted by molar-refractivity contribution is 6.00. The van der Waals surface area contributed by atoms with Gasteiger partial charge in [-0.3, -0.25) is 4.79 Å². The summed E-state index contributed by atoms with van der Waals surface area (Å²) < 4.78 is 43.2. The Balaban J connectivity index is 1.44. The van der Waals surface area contributed by atoms with Gasteiger partial charge in [0.05, 0.1) is 5.56 Å². The Morgan fingerprint density at radius 3 is 2.63 bits per heavy atom. The van der Waals surface area contributed by atoms with Crippen molar-refractivity contribution in [3.63, 3.8) is 0 Å². The fourth-order valence-corrected chi connectivity index (χ4v) is 2.74. The van der Waals surface area contributed by atoms with Gasteiger partial charge in [-0.05, 0) is 36.4 Å². The molecule has 1 saturated heterocycles. The van der Waals surface area contributed by atoms with E-state index in [1.54, 1.807) is 29.2 Å². The predicted octanol–water partition coefficient (Wildman–Crippen LogP) is 3.00. The molecule has 30 heavy (non-hydrogen) atoms. The first-order valence-electron chi connectivity index (χ1n) is 9.16. The maximum atomic E-state index is 12.7. The van der Waals surface area contributed by atoms with Crippen LogP contribution in [-0.4, -0.2) is 42.8 Å². The summed E-state index contributed by atoms with van der Waals surface area (Å²) in [6.45, 7) is 0.162. The van der Waals surface area contributed by atoms with Gasteiger partial charge in [-0.15, -0.1) is 0 Å². The van der Waals surface area contributed by atoms with Gasteiger partial charge in [0.2, 0.25) is 5.91 Å². The van der Waals surface area contributed by atoms with Crippen molar-refractivity contribution < 1.29 is 32.6 Å². The molecule has 3 N–H and O–H groups in total. The average Bonchev–Trinajstić information content (AvgIpc) is 2.69. The number of aliphatic hydroxyl groups excluding tert-OH is 1. The van der Waals surface area contributed by atoms with E-state index in [1.807, 2.05) is 0 Å². The van der Waals surface area contributed by atoms with Gasteiger partial charge in [-0.25, -0.2) is 4.79 Å². The van der Waals surface area contributed by atoms with Gasteiger partial charge in [-0.2, -0.15) is 13.2 Å². The summed E-state index contributed by atoms with van der Waals surface area (Å²) in [6, 6.07) is 10.5. The largest absolute Gasteiger partial charge is 0.491 e. The van der Waals surface area contributed by atoms with Crippen molar-refractivity contribution in [3.05, 3.63) is 54.1 Å². The lowest BCUT2D eigenvalue weighted by Crippen LogP contribution is -2.43. The average molecular weight is 423 g/mol. The number of alkyl halides is 3. The van der Waals surface area contributed by atoms with Crippen molar-refractivity contribution >= 4 is 23.3 Å². The third-order valence-corrected chi connectivity index (χ3v) is 4.37. The molecule has 3 rings (SSSR count). The van der Waals surface area contributed by atoms with Crippen LogP contribution in [0.5, 0.6) is 5.75 Å². The van der Waals surface area contributed by atoms with E-state index in [0.717, 1.165) is 12.1 Å². The number of halogens is 3. The standard InChI is InChI=1S/C20H20F3N3O4/c21-20(22,23)13-3-1-6-17(9-13)30-12-16(27)11-24-19(29)25-14-4-2-5-15(10-14)26-8-7-18(26)28/h1-6,9-10,16,27H,7-8,11-12H2,(H2,24,25,29)/t16-/m1/s1. The Kier molecular flexibility index (Phi) is 6.46. The summed E-state index contributed by atoms with van der Waals surface area (Å²) in [5.41, 5.74) is 0.298. The van der Waals surface area contributed by atoms with Crippen LogP contribution in [0.3, 0.4) is 0 Å². The van der Waals surface area contributed by atoms with Gasteiger partial charge >= 0.3 is 12.2 Å². The molecule has 3 amide bonds. The molecule has 7 nitrogen and oxygen atoms in total. The molecule has 0 bridgehead atoms. The number of benzene rings is 2. The summed E-state index contributed by atoms with van der Waals surface area (Å²) in [5.74, 6) is -0.0221. The maximum absolute atomic E-state index is 12.7. The summed E-state index contributed by atoms with van der Waals surface area (Å²) in [5, 5.41) is 14.9. The molecule has 0 unspecified atom stereocenters. The van der Waals surface area contributed by atoms with Crippen molar-refractivity contribution in [1.29, 1.82) is 0 Å². The second-order valence-electron chi connectivity index (χ2n) is 6.67. The smallest absolute Gasteiger partial charge is 0.416 e. The summed E-state index contributed by atoms with van der Waals surface area (Å²) in [7, 11) is 0. The zero-order valence-corrected chi connectivity index (χ0v) is 15.8. The highest BCUT2D eigenvalue weighted by Gasteiger charge is 2.30. The second kappa shape index (κ2) is 9.04. The molecule has 1 atom stereocenters. The number of hydrogen-bond donors (Lipinski definition) is 3. The zero-order valence-electron chi connectivity index (χ0n) is 15.8. The minimum atomic E-state index is -4.49. The number of nitrogens with one attached hydrogen (secondary N) is 2. The fourth-order valence-electron chi connectivity index (χ4n) is 2.74. The van der Waals surface area contributed by atoms with Gasteiger partial charge in [0, 0.05) is 30.9 Å². The topological polar surface area (TPSA) is 90.9 Å². The first-order chi connectivity index (χ1) is 14.2. The van der Waals surface area contributed by atoms with E-state index in [-0.39, 0.29) is 24.8 Å². The van der Waals surface area contributed by atoms with Crippen LogP contribution in [0.2, 0.25) is 0 Å². The molecule has 2 aromatic carbocycles.